The first kappa shape index (κ1) is 26.8. The van der Waals surface area contributed by atoms with Gasteiger partial charge in [0.2, 0.25) is 0 Å². The van der Waals surface area contributed by atoms with Crippen molar-refractivity contribution in [3.05, 3.63) is 100 Å². The Balaban J connectivity index is 2.00. The molecule has 3 aromatic rings. The van der Waals surface area contributed by atoms with E-state index in [-0.39, 0.29) is 28.4 Å². The Bertz CT molecular complexity index is 1480. The molecule has 0 saturated carbocycles. The second-order valence-electron chi connectivity index (χ2n) is 7.30. The van der Waals surface area contributed by atoms with Crippen LogP contribution in [0.3, 0.4) is 0 Å². The first-order valence-corrected chi connectivity index (χ1v) is 12.5. The summed E-state index contributed by atoms with van der Waals surface area (Å²) in [6, 6.07) is 17.0. The Morgan fingerprint density at radius 2 is 1.83 bits per heavy atom. The molecule has 0 radical (unpaired) electrons. The number of hydrogen-bond acceptors (Lipinski definition) is 6. The highest BCUT2D eigenvalue weighted by Gasteiger charge is 2.23. The molecule has 0 bridgehead atoms. The number of nitrogens with zero attached hydrogens (tertiary/aromatic N) is 1. The second kappa shape index (κ2) is 11.8. The van der Waals surface area contributed by atoms with Gasteiger partial charge in [-0.3, -0.25) is 4.79 Å². The maximum absolute atomic E-state index is 12.9. The van der Waals surface area contributed by atoms with Gasteiger partial charge in [0, 0.05) is 10.6 Å². The van der Waals surface area contributed by atoms with Crippen LogP contribution < -0.4 is 14.2 Å². The molecule has 1 amide bonds. The van der Waals surface area contributed by atoms with Crippen molar-refractivity contribution in [2.45, 2.75) is 11.3 Å². The van der Waals surface area contributed by atoms with Crippen molar-refractivity contribution in [2.24, 2.45) is 0 Å². The van der Waals surface area contributed by atoms with Crippen LogP contribution in [0.25, 0.3) is 6.08 Å². The average molecular weight is 543 g/mol. The Morgan fingerprint density at radius 3 is 2.44 bits per heavy atom. The summed E-state index contributed by atoms with van der Waals surface area (Å²) in [6.07, 6.45) is 3.12. The number of amides is 1. The van der Waals surface area contributed by atoms with E-state index in [4.69, 9.17) is 32.1 Å². The number of ether oxygens (including phenoxy) is 1. The molecular formula is C26H20Cl2N2O5S. The lowest BCUT2D eigenvalue weighted by molar-refractivity contribution is -0.112. The Hall–Kier alpha value is -3.77. The minimum absolute atomic E-state index is 0.0384. The SMILES string of the molecule is C=CCc1cc(/C=C(\C#N)C(=O)Nc2ccccc2Cl)cc(OC)c1OS(=O)(=O)c1ccc(Cl)cc1. The number of methoxy groups -OCH3 is 1. The van der Waals surface area contributed by atoms with E-state index in [1.54, 1.807) is 36.4 Å². The number of benzene rings is 3. The minimum Gasteiger partial charge on any atom is -0.493 e. The zero-order chi connectivity index (χ0) is 26.3. The molecule has 0 aliphatic carbocycles. The van der Waals surface area contributed by atoms with Crippen molar-refractivity contribution in [1.82, 2.24) is 0 Å². The van der Waals surface area contributed by atoms with Crippen LogP contribution in [0.4, 0.5) is 5.69 Å². The van der Waals surface area contributed by atoms with Crippen molar-refractivity contribution in [3.8, 4) is 17.6 Å². The van der Waals surface area contributed by atoms with Gasteiger partial charge in [0.25, 0.3) is 5.91 Å². The fourth-order valence-electron chi connectivity index (χ4n) is 3.15. The van der Waals surface area contributed by atoms with E-state index in [2.05, 4.69) is 11.9 Å². The highest BCUT2D eigenvalue weighted by atomic mass is 35.5. The minimum atomic E-state index is -4.21. The number of carbonyl (C=O) groups excluding carboxylic acids is 1. The maximum Gasteiger partial charge on any atom is 0.339 e. The fourth-order valence-corrected chi connectivity index (χ4v) is 4.43. The second-order valence-corrected chi connectivity index (χ2v) is 9.69. The van der Waals surface area contributed by atoms with Gasteiger partial charge in [0.15, 0.2) is 11.5 Å². The summed E-state index contributed by atoms with van der Waals surface area (Å²) < 4.78 is 36.6. The number of anilines is 1. The van der Waals surface area contributed by atoms with Gasteiger partial charge >= 0.3 is 10.1 Å². The lowest BCUT2D eigenvalue weighted by atomic mass is 10.0. The largest absolute Gasteiger partial charge is 0.493 e. The third kappa shape index (κ3) is 6.46. The van der Waals surface area contributed by atoms with Gasteiger partial charge in [-0.05, 0) is 66.6 Å². The predicted molar refractivity (Wildman–Crippen MR) is 140 cm³/mol. The smallest absolute Gasteiger partial charge is 0.339 e. The summed E-state index contributed by atoms with van der Waals surface area (Å²) in [5.74, 6) is -0.619. The predicted octanol–water partition coefficient (Wildman–Crippen LogP) is 6.04. The standard InChI is InChI=1S/C26H20Cl2N2O5S/c1-3-6-18-13-17(14-19(16-29)26(31)30-23-8-5-4-7-22(23)28)15-24(34-2)25(18)35-36(32,33)21-11-9-20(27)10-12-21/h3-5,7-15H,1,6H2,2H3,(H,30,31)/b19-14+. The Labute approximate surface area is 219 Å². The van der Waals surface area contributed by atoms with E-state index < -0.39 is 16.0 Å². The molecule has 0 saturated heterocycles. The summed E-state index contributed by atoms with van der Waals surface area (Å²) in [4.78, 5) is 12.6. The molecule has 0 aromatic heterocycles. The van der Waals surface area contributed by atoms with Crippen molar-refractivity contribution in [2.75, 3.05) is 12.4 Å². The number of para-hydroxylation sites is 1. The van der Waals surface area contributed by atoms with Crippen LogP contribution in [-0.4, -0.2) is 21.4 Å². The third-order valence-corrected chi connectivity index (χ3v) is 6.65. The van der Waals surface area contributed by atoms with E-state index in [0.29, 0.717) is 26.9 Å². The summed E-state index contributed by atoms with van der Waals surface area (Å²) in [6.45, 7) is 3.70. The molecule has 0 unspecified atom stereocenters. The summed E-state index contributed by atoms with van der Waals surface area (Å²) >= 11 is 11.9. The van der Waals surface area contributed by atoms with Crippen LogP contribution in [0, 0.1) is 11.3 Å². The Kier molecular flexibility index (Phi) is 8.78. The number of halogens is 2. The molecule has 0 fully saturated rings. The summed E-state index contributed by atoms with van der Waals surface area (Å²) in [5, 5.41) is 12.9. The van der Waals surface area contributed by atoms with Crippen LogP contribution >= 0.6 is 23.2 Å². The highest BCUT2D eigenvalue weighted by Crippen LogP contribution is 2.36. The topological polar surface area (TPSA) is 105 Å². The number of carbonyl (C=O) groups is 1. The molecule has 0 spiro atoms. The normalized spacial score (nSPS) is 11.3. The average Bonchev–Trinajstić information content (AvgIpc) is 2.85. The molecule has 3 aromatic carbocycles. The number of allylic oxidation sites excluding steroid dienone is 1. The maximum atomic E-state index is 12.9. The third-order valence-electron chi connectivity index (χ3n) is 4.83. The first-order valence-electron chi connectivity index (χ1n) is 10.4. The lowest BCUT2D eigenvalue weighted by Gasteiger charge is -2.16. The van der Waals surface area contributed by atoms with Gasteiger partial charge in [-0.15, -0.1) is 6.58 Å². The zero-order valence-electron chi connectivity index (χ0n) is 19.0. The van der Waals surface area contributed by atoms with E-state index in [9.17, 15) is 18.5 Å². The fraction of sp³-hybridized carbons (Fsp3) is 0.0769. The van der Waals surface area contributed by atoms with Crippen molar-refractivity contribution < 1.29 is 22.1 Å². The van der Waals surface area contributed by atoms with Gasteiger partial charge in [0.1, 0.15) is 16.5 Å². The molecular weight excluding hydrogens is 523 g/mol. The van der Waals surface area contributed by atoms with Gasteiger partial charge < -0.3 is 14.2 Å². The van der Waals surface area contributed by atoms with E-state index in [0.717, 1.165) is 0 Å². The van der Waals surface area contributed by atoms with Crippen molar-refractivity contribution in [3.63, 3.8) is 0 Å². The van der Waals surface area contributed by atoms with Gasteiger partial charge in [-0.1, -0.05) is 41.4 Å². The number of hydrogen-bond donors (Lipinski definition) is 1. The van der Waals surface area contributed by atoms with Gasteiger partial charge in [-0.2, -0.15) is 13.7 Å². The van der Waals surface area contributed by atoms with Crippen molar-refractivity contribution in [1.29, 1.82) is 5.26 Å². The monoisotopic (exact) mass is 542 g/mol. The van der Waals surface area contributed by atoms with E-state index >= 15 is 0 Å². The molecule has 0 heterocycles. The molecule has 7 nitrogen and oxygen atoms in total. The van der Waals surface area contributed by atoms with E-state index in [1.807, 2.05) is 6.07 Å². The van der Waals surface area contributed by atoms with Crippen LogP contribution in [0.15, 0.2) is 83.8 Å². The van der Waals surface area contributed by atoms with Crippen LogP contribution in [0.1, 0.15) is 11.1 Å². The van der Waals surface area contributed by atoms with Crippen LogP contribution in [0.5, 0.6) is 11.5 Å². The molecule has 3 rings (SSSR count). The van der Waals surface area contributed by atoms with Crippen molar-refractivity contribution >= 4 is 51.0 Å². The molecule has 184 valence electrons. The molecule has 10 heteroatoms. The van der Waals surface area contributed by atoms with Crippen LogP contribution in [0.2, 0.25) is 10.0 Å². The van der Waals surface area contributed by atoms with Crippen LogP contribution in [-0.2, 0) is 21.3 Å². The lowest BCUT2D eigenvalue weighted by Crippen LogP contribution is -2.14. The number of rotatable bonds is 9. The summed E-state index contributed by atoms with van der Waals surface area (Å²) in [7, 11) is -2.87. The highest BCUT2D eigenvalue weighted by molar-refractivity contribution is 7.87. The first-order chi connectivity index (χ1) is 17.2. The Morgan fingerprint density at radius 1 is 1.14 bits per heavy atom. The van der Waals surface area contributed by atoms with Gasteiger partial charge in [-0.25, -0.2) is 0 Å². The molecule has 0 aliphatic heterocycles. The quantitative estimate of drug-likeness (QED) is 0.153. The molecule has 36 heavy (non-hydrogen) atoms. The number of nitrogens with one attached hydrogen (secondary N) is 1. The zero-order valence-corrected chi connectivity index (χ0v) is 21.3. The summed E-state index contributed by atoms with van der Waals surface area (Å²) in [5.41, 5.74) is 0.970. The molecule has 0 atom stereocenters. The van der Waals surface area contributed by atoms with Gasteiger partial charge in [0.05, 0.1) is 17.8 Å². The molecule has 1 N–H and O–H groups in total. The number of nitriles is 1. The van der Waals surface area contributed by atoms with E-state index in [1.165, 1.54) is 43.5 Å². The molecule has 0 aliphatic rings.